The Morgan fingerprint density at radius 3 is 2.60 bits per heavy atom. The Kier molecular flexibility index (Phi) is 5.31. The molecule has 3 heterocycles. The van der Waals surface area contributed by atoms with Crippen molar-refractivity contribution in [3.05, 3.63) is 83.3 Å². The van der Waals surface area contributed by atoms with E-state index in [1.807, 2.05) is 11.9 Å². The highest BCUT2D eigenvalue weighted by Gasteiger charge is 2.48. The summed E-state index contributed by atoms with van der Waals surface area (Å²) in [5, 5.41) is 11.2. The Hall–Kier alpha value is -4.21. The maximum atomic E-state index is 13.3. The summed E-state index contributed by atoms with van der Waals surface area (Å²) in [5.74, 6) is -1.88. The Labute approximate surface area is 197 Å². The van der Waals surface area contributed by atoms with Gasteiger partial charge in [-0.15, -0.1) is 0 Å². The molecule has 180 valence electrons. The number of nitrogens with zero attached hydrogens (tertiary/aromatic N) is 2. The molecular formula is C25H19F3N2O5. The lowest BCUT2D eigenvalue weighted by Crippen LogP contribution is -2.29. The first-order chi connectivity index (χ1) is 16.7. The molecular weight excluding hydrogens is 465 g/mol. The minimum atomic E-state index is -4.65. The van der Waals surface area contributed by atoms with E-state index in [9.17, 15) is 27.9 Å². The summed E-state index contributed by atoms with van der Waals surface area (Å²) in [4.78, 5) is 29.0. The van der Waals surface area contributed by atoms with Gasteiger partial charge in [0.25, 0.3) is 11.7 Å². The maximum Gasteiger partial charge on any atom is 0.416 e. The molecule has 5 rings (SSSR count). The molecule has 7 nitrogen and oxygen atoms in total. The molecule has 35 heavy (non-hydrogen) atoms. The van der Waals surface area contributed by atoms with Crippen LogP contribution >= 0.6 is 0 Å². The Balaban J connectivity index is 1.67. The second kappa shape index (κ2) is 8.23. The van der Waals surface area contributed by atoms with Gasteiger partial charge >= 0.3 is 6.18 Å². The van der Waals surface area contributed by atoms with Gasteiger partial charge in [-0.2, -0.15) is 13.2 Å². The van der Waals surface area contributed by atoms with Crippen LogP contribution in [0, 0.1) is 0 Å². The smallest absolute Gasteiger partial charge is 0.416 e. The number of ketones is 1. The first-order valence-electron chi connectivity index (χ1n) is 10.7. The number of furan rings is 1. The van der Waals surface area contributed by atoms with Gasteiger partial charge in [0, 0.05) is 18.3 Å². The highest BCUT2D eigenvalue weighted by atomic mass is 19.4. The van der Waals surface area contributed by atoms with Crippen molar-refractivity contribution >= 4 is 28.8 Å². The summed E-state index contributed by atoms with van der Waals surface area (Å²) in [7, 11) is 1.85. The number of carbonyl (C=O) groups excluding carboxylic acids is 2. The summed E-state index contributed by atoms with van der Waals surface area (Å²) < 4.78 is 51.1. The molecule has 0 bridgehead atoms. The fourth-order valence-electron chi connectivity index (χ4n) is 4.30. The van der Waals surface area contributed by atoms with E-state index in [4.69, 9.17) is 9.15 Å². The Morgan fingerprint density at radius 2 is 1.89 bits per heavy atom. The number of Topliss-reactive ketones (excluding diaryl/α,β-unsaturated/α-hetero) is 1. The van der Waals surface area contributed by atoms with E-state index in [1.54, 1.807) is 18.2 Å². The zero-order valence-corrected chi connectivity index (χ0v) is 18.4. The van der Waals surface area contributed by atoms with Crippen LogP contribution in [0.3, 0.4) is 0 Å². The van der Waals surface area contributed by atoms with Crippen molar-refractivity contribution < 1.29 is 37.0 Å². The summed E-state index contributed by atoms with van der Waals surface area (Å²) in [5.41, 5.74) is -0.489. The second-order valence-electron chi connectivity index (χ2n) is 8.19. The molecule has 2 aliphatic heterocycles. The number of amides is 1. The van der Waals surface area contributed by atoms with E-state index in [1.165, 1.54) is 24.5 Å². The molecule has 0 spiro atoms. The number of halogens is 3. The van der Waals surface area contributed by atoms with Crippen molar-refractivity contribution in [3.63, 3.8) is 0 Å². The SMILES string of the molecule is CN1CCOc2ccc(/C(O)=C3/C(=O)C(=O)N(c4cccc(C(F)(F)F)c4)C3c3ccco3)cc21. The second-order valence-corrected chi connectivity index (χ2v) is 8.19. The number of hydrogen-bond donors (Lipinski definition) is 1. The lowest BCUT2D eigenvalue weighted by atomic mass is 9.98. The molecule has 1 fully saturated rings. The normalized spacial score (nSPS) is 19.6. The minimum Gasteiger partial charge on any atom is -0.507 e. The van der Waals surface area contributed by atoms with Gasteiger partial charge in [0.2, 0.25) is 0 Å². The number of hydrogen-bond acceptors (Lipinski definition) is 6. The van der Waals surface area contributed by atoms with Crippen molar-refractivity contribution in [2.75, 3.05) is 30.0 Å². The van der Waals surface area contributed by atoms with Gasteiger partial charge in [-0.1, -0.05) is 6.07 Å². The van der Waals surface area contributed by atoms with Crippen molar-refractivity contribution in [1.29, 1.82) is 0 Å². The van der Waals surface area contributed by atoms with E-state index in [0.29, 0.717) is 24.6 Å². The van der Waals surface area contributed by atoms with Gasteiger partial charge in [-0.05, 0) is 48.5 Å². The monoisotopic (exact) mass is 484 g/mol. The standard InChI is InChI=1S/C25H19F3N2O5/c1-29-9-11-35-18-8-7-14(12-17(18)29)22(31)20-21(19-6-3-10-34-19)30(24(33)23(20)32)16-5-2-4-15(13-16)25(26,27)28/h2-8,10,12-13,21,31H,9,11H2,1H3/b22-20-. The average Bonchev–Trinajstić information content (AvgIpc) is 3.45. The summed E-state index contributed by atoms with van der Waals surface area (Å²) >= 11 is 0. The molecule has 1 N–H and O–H groups in total. The van der Waals surface area contributed by atoms with Gasteiger partial charge in [0.05, 0.1) is 29.6 Å². The van der Waals surface area contributed by atoms with Crippen LogP contribution in [0.5, 0.6) is 5.75 Å². The highest BCUT2D eigenvalue weighted by molar-refractivity contribution is 6.51. The zero-order valence-electron chi connectivity index (χ0n) is 18.4. The van der Waals surface area contributed by atoms with Crippen molar-refractivity contribution in [2.24, 2.45) is 0 Å². The predicted molar refractivity (Wildman–Crippen MR) is 120 cm³/mol. The quantitative estimate of drug-likeness (QED) is 0.328. The van der Waals surface area contributed by atoms with Crippen LogP contribution in [0.2, 0.25) is 0 Å². The van der Waals surface area contributed by atoms with E-state index in [0.717, 1.165) is 23.1 Å². The molecule has 3 aromatic rings. The molecule has 2 aromatic carbocycles. The zero-order chi connectivity index (χ0) is 24.9. The lowest BCUT2D eigenvalue weighted by molar-refractivity contribution is -0.137. The third-order valence-corrected chi connectivity index (χ3v) is 6.04. The van der Waals surface area contributed by atoms with E-state index in [2.05, 4.69) is 0 Å². The van der Waals surface area contributed by atoms with Gasteiger partial charge in [-0.3, -0.25) is 14.5 Å². The number of rotatable bonds is 3. The van der Waals surface area contributed by atoms with Crippen LogP contribution in [0.25, 0.3) is 5.76 Å². The molecule has 1 amide bonds. The largest absolute Gasteiger partial charge is 0.507 e. The third-order valence-electron chi connectivity index (χ3n) is 6.04. The van der Waals surface area contributed by atoms with Crippen LogP contribution in [0.4, 0.5) is 24.5 Å². The topological polar surface area (TPSA) is 83.2 Å². The summed E-state index contributed by atoms with van der Waals surface area (Å²) in [6.07, 6.45) is -3.34. The predicted octanol–water partition coefficient (Wildman–Crippen LogP) is 4.75. The minimum absolute atomic E-state index is 0.113. The summed E-state index contributed by atoms with van der Waals surface area (Å²) in [6.45, 7) is 1.11. The van der Waals surface area contributed by atoms with Crippen molar-refractivity contribution in [1.82, 2.24) is 0 Å². The van der Waals surface area contributed by atoms with E-state index < -0.39 is 35.2 Å². The molecule has 1 saturated heterocycles. The number of anilines is 2. The number of aliphatic hydroxyl groups excluding tert-OH is 1. The molecule has 0 aliphatic carbocycles. The Morgan fingerprint density at radius 1 is 1.09 bits per heavy atom. The Bertz CT molecular complexity index is 1350. The van der Waals surface area contributed by atoms with Crippen LogP contribution in [-0.4, -0.2) is 37.0 Å². The van der Waals surface area contributed by atoms with Crippen molar-refractivity contribution in [3.8, 4) is 5.75 Å². The van der Waals surface area contributed by atoms with Crippen LogP contribution in [0.1, 0.15) is 22.9 Å². The number of alkyl halides is 3. The molecule has 1 aromatic heterocycles. The van der Waals surface area contributed by atoms with Crippen molar-refractivity contribution in [2.45, 2.75) is 12.2 Å². The van der Waals surface area contributed by atoms with Gasteiger partial charge in [0.1, 0.15) is 29.9 Å². The first-order valence-corrected chi connectivity index (χ1v) is 10.7. The number of carbonyl (C=O) groups is 2. The number of benzene rings is 2. The highest BCUT2D eigenvalue weighted by Crippen LogP contribution is 2.44. The van der Waals surface area contributed by atoms with Crippen LogP contribution < -0.4 is 14.5 Å². The fraction of sp³-hybridized carbons (Fsp3) is 0.200. The number of likely N-dealkylation sites (N-methyl/N-ethyl adjacent to an activating group) is 1. The lowest BCUT2D eigenvalue weighted by Gasteiger charge is -2.28. The van der Waals surface area contributed by atoms with Gasteiger partial charge in [0.15, 0.2) is 0 Å². The van der Waals surface area contributed by atoms with Crippen LogP contribution in [0.15, 0.2) is 70.9 Å². The third kappa shape index (κ3) is 3.80. The number of ether oxygens (including phenoxy) is 1. The number of aliphatic hydroxyl groups is 1. The molecule has 10 heteroatoms. The van der Waals surface area contributed by atoms with Crippen LogP contribution in [-0.2, 0) is 15.8 Å². The van der Waals surface area contributed by atoms with E-state index in [-0.39, 0.29) is 22.6 Å². The first kappa shape index (κ1) is 22.6. The molecule has 0 radical (unpaired) electrons. The molecule has 1 unspecified atom stereocenters. The maximum absolute atomic E-state index is 13.3. The van der Waals surface area contributed by atoms with E-state index >= 15 is 0 Å². The number of fused-ring (bicyclic) bond motifs is 1. The summed E-state index contributed by atoms with van der Waals surface area (Å²) in [6, 6.07) is 10.7. The van der Waals surface area contributed by atoms with Gasteiger partial charge < -0.3 is 19.2 Å². The van der Waals surface area contributed by atoms with Gasteiger partial charge in [-0.25, -0.2) is 0 Å². The molecule has 1 atom stereocenters. The molecule has 2 aliphatic rings. The fourth-order valence-corrected chi connectivity index (χ4v) is 4.30. The average molecular weight is 484 g/mol. The molecule has 0 saturated carbocycles.